The van der Waals surface area contributed by atoms with Gasteiger partial charge in [-0.1, -0.05) is 0 Å². The van der Waals surface area contributed by atoms with Gasteiger partial charge in [0.2, 0.25) is 20.0 Å². The molecule has 3 saturated heterocycles. The van der Waals surface area contributed by atoms with Crippen LogP contribution in [-0.2, 0) is 53.4 Å². The molecule has 2 unspecified atom stereocenters. The van der Waals surface area contributed by atoms with Crippen molar-refractivity contribution in [1.29, 1.82) is 10.8 Å². The maximum Gasteiger partial charge on any atom is 0.414 e. The molecule has 0 spiro atoms. The van der Waals surface area contributed by atoms with Gasteiger partial charge in [-0.2, -0.15) is 8.42 Å². The third kappa shape index (κ3) is 13.7. The molecule has 0 aliphatic carbocycles. The number of esters is 1. The van der Waals surface area contributed by atoms with E-state index in [1.54, 1.807) is 24.3 Å². The van der Waals surface area contributed by atoms with E-state index >= 15 is 0 Å². The molecule has 3 aliphatic heterocycles. The van der Waals surface area contributed by atoms with Crippen molar-refractivity contribution in [3.05, 3.63) is 59.7 Å². The smallest absolute Gasteiger partial charge is 0.414 e. The molecule has 0 radical (unpaired) electrons. The zero-order valence-electron chi connectivity index (χ0n) is 31.0. The molecule has 2 aromatic rings. The SMILES string of the molecule is COC(=O)CN1CCN(CC2CN(c3ccc(C(=N)NS(C)(=O)=O)cc3)C(=O)O2)CC1.CS(=O)(=O)NC(=N)c1ccc(N2CC(COS(C)(=O)=O)OC2=O)cc1. The fourth-order valence-corrected chi connectivity index (χ4v) is 6.99. The number of hydrogen-bond acceptors (Lipinski definition) is 17. The number of amides is 2. The molecule has 0 saturated carbocycles. The lowest BCUT2D eigenvalue weighted by Crippen LogP contribution is -2.50. The summed E-state index contributed by atoms with van der Waals surface area (Å²) in [5.74, 6) is -0.776. The number of ether oxygens (including phenoxy) is 3. The van der Waals surface area contributed by atoms with Crippen molar-refractivity contribution in [3.63, 3.8) is 0 Å². The number of rotatable bonds is 13. The Bertz CT molecular complexity index is 2110. The average molecular weight is 845 g/mol. The van der Waals surface area contributed by atoms with E-state index in [0.29, 0.717) is 35.6 Å². The average Bonchev–Trinajstić information content (AvgIpc) is 3.67. The molecule has 4 N–H and O–H groups in total. The highest BCUT2D eigenvalue weighted by Gasteiger charge is 2.35. The van der Waals surface area contributed by atoms with Crippen LogP contribution in [0.3, 0.4) is 0 Å². The predicted octanol–water partition coefficient (Wildman–Crippen LogP) is -0.460. The number of sulfonamides is 2. The lowest BCUT2D eigenvalue weighted by atomic mass is 10.2. The molecule has 24 heteroatoms. The van der Waals surface area contributed by atoms with Gasteiger partial charge in [0.15, 0.2) is 0 Å². The lowest BCUT2D eigenvalue weighted by molar-refractivity contribution is -0.142. The minimum Gasteiger partial charge on any atom is -0.468 e. The van der Waals surface area contributed by atoms with Crippen LogP contribution in [0.1, 0.15) is 11.1 Å². The molecular weight excluding hydrogens is 801 g/mol. The first kappa shape index (κ1) is 43.8. The van der Waals surface area contributed by atoms with Crippen molar-refractivity contribution < 1.29 is 58.0 Å². The third-order valence-electron chi connectivity index (χ3n) is 8.23. The van der Waals surface area contributed by atoms with Crippen LogP contribution < -0.4 is 19.2 Å². The minimum absolute atomic E-state index is 0.104. The number of nitrogens with zero attached hydrogens (tertiary/aromatic N) is 4. The first-order valence-electron chi connectivity index (χ1n) is 16.7. The maximum atomic E-state index is 12.3. The summed E-state index contributed by atoms with van der Waals surface area (Å²) in [6.07, 6.45) is 0.728. The number of piperazine rings is 1. The largest absolute Gasteiger partial charge is 0.468 e. The monoisotopic (exact) mass is 844 g/mol. The van der Waals surface area contributed by atoms with Crippen molar-refractivity contribution in [3.8, 4) is 0 Å². The Morgan fingerprint density at radius 2 is 1.12 bits per heavy atom. The molecule has 308 valence electrons. The first-order valence-corrected chi connectivity index (χ1v) is 22.3. The van der Waals surface area contributed by atoms with Crippen LogP contribution in [0.15, 0.2) is 48.5 Å². The summed E-state index contributed by atoms with van der Waals surface area (Å²) < 4.78 is 90.8. The molecule has 2 aromatic carbocycles. The Balaban J connectivity index is 0.000000255. The highest BCUT2D eigenvalue weighted by atomic mass is 32.2. The second-order valence-corrected chi connectivity index (χ2v) is 18.1. The zero-order valence-corrected chi connectivity index (χ0v) is 33.4. The van der Waals surface area contributed by atoms with Crippen LogP contribution in [0.4, 0.5) is 21.0 Å². The van der Waals surface area contributed by atoms with E-state index in [1.807, 2.05) is 9.62 Å². The summed E-state index contributed by atoms with van der Waals surface area (Å²) in [6.45, 7) is 4.15. The van der Waals surface area contributed by atoms with Crippen molar-refractivity contribution in [2.24, 2.45) is 0 Å². The number of methoxy groups -OCH3 is 1. The molecular formula is C32H44N8O13S3. The number of nitrogens with one attached hydrogen (secondary N) is 4. The predicted molar refractivity (Wildman–Crippen MR) is 203 cm³/mol. The van der Waals surface area contributed by atoms with Gasteiger partial charge >= 0.3 is 18.2 Å². The van der Waals surface area contributed by atoms with Crippen LogP contribution >= 0.6 is 0 Å². The molecule has 0 aromatic heterocycles. The summed E-state index contributed by atoms with van der Waals surface area (Å²) in [6, 6.07) is 12.5. The molecule has 3 fully saturated rings. The van der Waals surface area contributed by atoms with Crippen LogP contribution in [0.2, 0.25) is 0 Å². The topological polar surface area (TPSA) is 275 Å². The van der Waals surface area contributed by atoms with Gasteiger partial charge in [0.1, 0.15) is 30.5 Å². The van der Waals surface area contributed by atoms with Gasteiger partial charge in [-0.3, -0.25) is 48.8 Å². The molecule has 2 amide bonds. The Kier molecular flexibility index (Phi) is 14.4. The number of carbonyl (C=O) groups excluding carboxylic acids is 3. The van der Waals surface area contributed by atoms with Crippen LogP contribution in [0, 0.1) is 10.8 Å². The fraction of sp³-hybridized carbons (Fsp3) is 0.469. The van der Waals surface area contributed by atoms with Gasteiger partial charge < -0.3 is 14.2 Å². The number of amidine groups is 2. The van der Waals surface area contributed by atoms with E-state index in [4.69, 9.17) is 25.0 Å². The van der Waals surface area contributed by atoms with E-state index < -0.39 is 48.5 Å². The third-order valence-corrected chi connectivity index (χ3v) is 9.95. The van der Waals surface area contributed by atoms with Crippen LogP contribution in [0.5, 0.6) is 0 Å². The van der Waals surface area contributed by atoms with Gasteiger partial charge in [0, 0.05) is 55.2 Å². The maximum absolute atomic E-state index is 12.3. The number of carbonyl (C=O) groups is 3. The Hall–Kier alpha value is -4.88. The minimum atomic E-state index is -3.63. The highest BCUT2D eigenvalue weighted by Crippen LogP contribution is 2.24. The van der Waals surface area contributed by atoms with E-state index in [9.17, 15) is 39.6 Å². The standard InChI is InChI=1S/C19H27N5O6S.C13H17N3O7S2/c1-29-17(25)13-23-9-7-22(8-10-23)11-16-12-24(19(26)30-16)15-5-3-14(4-6-15)18(20)21-31(2,27)28;1-24(18,19)15-12(14)9-3-5-10(6-4-9)16-7-11(23-13(16)17)8-22-25(2,20)21/h3-6,16H,7-13H2,1-2H3,(H2,20,21);3-6,11H,7-8H2,1-2H3,(H2,14,15). The Labute approximate surface area is 325 Å². The van der Waals surface area contributed by atoms with E-state index in [1.165, 1.54) is 41.2 Å². The van der Waals surface area contributed by atoms with Crippen molar-refractivity contribution in [1.82, 2.24) is 19.2 Å². The normalized spacial score (nSPS) is 19.4. The second-order valence-electron chi connectivity index (χ2n) is 13.0. The number of anilines is 2. The van der Waals surface area contributed by atoms with E-state index in [0.717, 1.165) is 44.9 Å². The van der Waals surface area contributed by atoms with Crippen LogP contribution in [0.25, 0.3) is 0 Å². The van der Waals surface area contributed by atoms with E-state index in [2.05, 4.69) is 13.8 Å². The fourth-order valence-electron chi connectivity index (χ4n) is 5.62. The van der Waals surface area contributed by atoms with Gasteiger partial charge in [0.25, 0.3) is 10.1 Å². The molecule has 3 heterocycles. The highest BCUT2D eigenvalue weighted by molar-refractivity contribution is 7.89. The van der Waals surface area contributed by atoms with Crippen molar-refractivity contribution in [2.45, 2.75) is 12.2 Å². The lowest BCUT2D eigenvalue weighted by Gasteiger charge is -2.34. The molecule has 56 heavy (non-hydrogen) atoms. The van der Waals surface area contributed by atoms with Gasteiger partial charge in [-0.25, -0.2) is 26.4 Å². The van der Waals surface area contributed by atoms with Crippen LogP contribution in [-0.4, -0.2) is 162 Å². The summed E-state index contributed by atoms with van der Waals surface area (Å²) in [4.78, 5) is 42.6. The Morgan fingerprint density at radius 3 is 1.54 bits per heavy atom. The van der Waals surface area contributed by atoms with Gasteiger partial charge in [-0.15, -0.1) is 0 Å². The van der Waals surface area contributed by atoms with Gasteiger partial charge in [-0.05, 0) is 48.5 Å². The summed E-state index contributed by atoms with van der Waals surface area (Å²) in [5.41, 5.74) is 1.79. The summed E-state index contributed by atoms with van der Waals surface area (Å²) in [5, 5.41) is 15.5. The number of cyclic esters (lactones) is 2. The number of benzene rings is 2. The Morgan fingerprint density at radius 1 is 0.714 bits per heavy atom. The number of hydrogen-bond donors (Lipinski definition) is 4. The zero-order chi connectivity index (χ0) is 41.4. The molecule has 21 nitrogen and oxygen atoms in total. The quantitative estimate of drug-likeness (QED) is 0.0653. The van der Waals surface area contributed by atoms with Gasteiger partial charge in [0.05, 0.1) is 45.5 Å². The molecule has 2 atom stereocenters. The van der Waals surface area contributed by atoms with E-state index in [-0.39, 0.29) is 43.4 Å². The second kappa shape index (κ2) is 18.4. The molecule has 0 bridgehead atoms. The van der Waals surface area contributed by atoms with Crippen molar-refractivity contribution >= 4 is 71.4 Å². The first-order chi connectivity index (χ1) is 26.1. The molecule has 3 aliphatic rings. The molecule has 5 rings (SSSR count). The van der Waals surface area contributed by atoms with Crippen molar-refractivity contribution in [2.75, 3.05) is 94.6 Å². The summed E-state index contributed by atoms with van der Waals surface area (Å²) in [7, 11) is -9.33. The summed E-state index contributed by atoms with van der Waals surface area (Å²) >= 11 is 0.